The molecule has 2 N–H and O–H groups in total. The summed E-state index contributed by atoms with van der Waals surface area (Å²) in [5.74, 6) is -0.142. The number of aromatic amines is 1. The van der Waals surface area contributed by atoms with Gasteiger partial charge in [-0.2, -0.15) is 0 Å². The van der Waals surface area contributed by atoms with Crippen molar-refractivity contribution in [1.82, 2.24) is 19.4 Å². The van der Waals surface area contributed by atoms with Gasteiger partial charge in [0.15, 0.2) is 5.54 Å². The second kappa shape index (κ2) is 15.1. The third kappa shape index (κ3) is 6.40. The Morgan fingerprint density at radius 1 is 0.863 bits per heavy atom. The molecule has 3 aliphatic rings. The van der Waals surface area contributed by atoms with Crippen molar-refractivity contribution < 1.29 is 24.2 Å². The normalized spacial score (nSPS) is 26.0. The van der Waals surface area contributed by atoms with Gasteiger partial charge in [0.05, 0.1) is 31.9 Å². The number of piperidine rings is 2. The van der Waals surface area contributed by atoms with E-state index in [0.29, 0.717) is 19.3 Å². The Hall–Kier alpha value is -3.66. The van der Waals surface area contributed by atoms with Crippen LogP contribution in [0.3, 0.4) is 0 Å². The summed E-state index contributed by atoms with van der Waals surface area (Å²) >= 11 is 0. The van der Waals surface area contributed by atoms with Crippen LogP contribution < -0.4 is 0 Å². The Kier molecular flexibility index (Phi) is 10.6. The lowest BCUT2D eigenvalue weighted by molar-refractivity contribution is -0.152. The molecule has 5 atom stereocenters. The highest BCUT2D eigenvalue weighted by Gasteiger charge is 2.53. The lowest BCUT2D eigenvalue weighted by atomic mass is 9.77. The maximum absolute atomic E-state index is 14.8. The van der Waals surface area contributed by atoms with Gasteiger partial charge in [0.1, 0.15) is 0 Å². The highest BCUT2D eigenvalue weighted by molar-refractivity contribution is 5.96. The highest BCUT2D eigenvalue weighted by atomic mass is 16.5. The molecule has 2 fully saturated rings. The summed E-state index contributed by atoms with van der Waals surface area (Å²) in [4.78, 5) is 37.3. The lowest BCUT2D eigenvalue weighted by Crippen LogP contribution is -2.49. The van der Waals surface area contributed by atoms with E-state index in [1.165, 1.54) is 33.5 Å². The number of rotatable bonds is 11. The van der Waals surface area contributed by atoms with E-state index in [2.05, 4.69) is 63.5 Å². The fraction of sp³-hybridized carbons (Fsp3) is 0.571. The number of benzene rings is 2. The molecule has 0 amide bonds. The molecular formula is C42H56N4O5. The third-order valence-electron chi connectivity index (χ3n) is 12.6. The number of likely N-dealkylation sites (tertiary alicyclic amines) is 2. The van der Waals surface area contributed by atoms with Crippen LogP contribution in [0.15, 0.2) is 48.5 Å². The first kappa shape index (κ1) is 35.7. The summed E-state index contributed by atoms with van der Waals surface area (Å²) < 4.78 is 13.5. The minimum atomic E-state index is -1.21. The zero-order valence-electron chi connectivity index (χ0n) is 31.0. The van der Waals surface area contributed by atoms with Crippen LogP contribution in [-0.2, 0) is 37.4 Å². The summed E-state index contributed by atoms with van der Waals surface area (Å²) in [6.07, 6.45) is 7.54. The second-order valence-electron chi connectivity index (χ2n) is 15.2. The number of carbonyl (C=O) groups is 2. The predicted octanol–water partition coefficient (Wildman–Crippen LogP) is 6.39. The number of fused-ring (bicyclic) bond motifs is 4. The first-order valence-corrected chi connectivity index (χ1v) is 19.4. The van der Waals surface area contributed by atoms with Gasteiger partial charge in [-0.1, -0.05) is 56.7 Å². The Labute approximate surface area is 302 Å². The number of methoxy groups -OCH3 is 2. The molecule has 7 rings (SSSR count). The number of ether oxygens (including phenoxy) is 2. The first-order chi connectivity index (χ1) is 24.8. The molecule has 3 aliphatic heterocycles. The Balaban J connectivity index is 1.39. The van der Waals surface area contributed by atoms with Gasteiger partial charge in [-0.3, -0.25) is 4.79 Å². The Morgan fingerprint density at radius 2 is 1.59 bits per heavy atom. The van der Waals surface area contributed by atoms with Crippen LogP contribution in [0.4, 0.5) is 0 Å². The third-order valence-corrected chi connectivity index (χ3v) is 12.6. The zero-order valence-corrected chi connectivity index (χ0v) is 31.0. The standard InChI is InChI=1S/C42H56N4O5/c1-5-28-12-11-22-44(26-28)24-19-33-30-13-7-9-15-35(30)43-39(33)42(41(49)51-4)21-17-34(40(48)50-3)38-32(31-14-8-10-16-36(31)46(38)42)18-23-45-25-20-37(47)29(6-2)27-45/h7-10,13-16,28-29,34,37,43,47H,5-6,11-12,17-27H2,1-4H3/t28?,29?,34-,37?,42-/m1/s1. The molecule has 5 heterocycles. The van der Waals surface area contributed by atoms with Gasteiger partial charge in [-0.25, -0.2) is 4.79 Å². The van der Waals surface area contributed by atoms with Crippen LogP contribution in [0.1, 0.15) is 87.2 Å². The van der Waals surface area contributed by atoms with Crippen molar-refractivity contribution in [2.75, 3.05) is 53.5 Å². The van der Waals surface area contributed by atoms with Crippen molar-refractivity contribution in [3.63, 3.8) is 0 Å². The molecule has 0 spiro atoms. The smallest absolute Gasteiger partial charge is 0.338 e. The molecule has 9 heteroatoms. The summed E-state index contributed by atoms with van der Waals surface area (Å²) in [6.45, 7) is 10.1. The van der Waals surface area contributed by atoms with Crippen LogP contribution in [0, 0.1) is 11.8 Å². The predicted molar refractivity (Wildman–Crippen MR) is 201 cm³/mol. The van der Waals surface area contributed by atoms with Crippen molar-refractivity contribution in [3.05, 3.63) is 71.0 Å². The minimum absolute atomic E-state index is 0.256. The SMILES string of the molecule is CCC1CCCN(CCc2c([C@@]3(C(=O)OC)CC[C@@H](C(=O)OC)c4c(CCN5CCC(O)C(CC)C5)c5ccccc5n43)[nH]c3ccccc23)C1. The monoisotopic (exact) mass is 696 g/mol. The van der Waals surface area contributed by atoms with Gasteiger partial charge >= 0.3 is 11.9 Å². The van der Waals surface area contributed by atoms with E-state index in [4.69, 9.17) is 9.47 Å². The molecule has 0 aliphatic carbocycles. The van der Waals surface area contributed by atoms with Gasteiger partial charge in [0.2, 0.25) is 0 Å². The fourth-order valence-corrected chi connectivity index (χ4v) is 9.78. The van der Waals surface area contributed by atoms with Crippen LogP contribution in [0.5, 0.6) is 0 Å². The average molecular weight is 697 g/mol. The molecule has 3 unspecified atom stereocenters. The van der Waals surface area contributed by atoms with E-state index in [-0.39, 0.29) is 24.0 Å². The van der Waals surface area contributed by atoms with Crippen molar-refractivity contribution in [3.8, 4) is 0 Å². The molecule has 274 valence electrons. The summed E-state index contributed by atoms with van der Waals surface area (Å²) in [5, 5.41) is 12.8. The lowest BCUT2D eigenvalue weighted by Gasteiger charge is -2.41. The maximum atomic E-state index is 14.8. The summed E-state index contributed by atoms with van der Waals surface area (Å²) in [5.41, 5.74) is 4.67. The number of carbonyl (C=O) groups excluding carboxylic acids is 2. The molecule has 2 aromatic heterocycles. The number of aromatic nitrogens is 2. The van der Waals surface area contributed by atoms with E-state index in [0.717, 1.165) is 109 Å². The highest BCUT2D eigenvalue weighted by Crippen LogP contribution is 2.50. The average Bonchev–Trinajstić information content (AvgIpc) is 3.72. The van der Waals surface area contributed by atoms with Gasteiger partial charge in [0.25, 0.3) is 0 Å². The van der Waals surface area contributed by atoms with Gasteiger partial charge < -0.3 is 33.9 Å². The molecule has 2 aromatic carbocycles. The molecule has 9 nitrogen and oxygen atoms in total. The number of aliphatic hydroxyl groups excluding tert-OH is 1. The maximum Gasteiger partial charge on any atom is 0.338 e. The molecule has 4 aromatic rings. The number of esters is 2. The number of para-hydroxylation sites is 2. The number of hydrogen-bond donors (Lipinski definition) is 2. The number of H-pyrrole nitrogens is 1. The van der Waals surface area contributed by atoms with Crippen LogP contribution in [0.25, 0.3) is 21.8 Å². The van der Waals surface area contributed by atoms with Crippen molar-refractivity contribution >= 4 is 33.7 Å². The first-order valence-electron chi connectivity index (χ1n) is 19.4. The second-order valence-corrected chi connectivity index (χ2v) is 15.2. The Morgan fingerprint density at radius 3 is 2.33 bits per heavy atom. The van der Waals surface area contributed by atoms with E-state index in [9.17, 15) is 14.7 Å². The van der Waals surface area contributed by atoms with Crippen LogP contribution in [-0.4, -0.2) is 96.0 Å². The van der Waals surface area contributed by atoms with Crippen LogP contribution in [0.2, 0.25) is 0 Å². The van der Waals surface area contributed by atoms with E-state index < -0.39 is 11.5 Å². The van der Waals surface area contributed by atoms with Crippen molar-refractivity contribution in [1.29, 1.82) is 0 Å². The molecule has 0 radical (unpaired) electrons. The van der Waals surface area contributed by atoms with E-state index in [1.54, 1.807) is 0 Å². The summed E-state index contributed by atoms with van der Waals surface area (Å²) in [6, 6.07) is 16.7. The van der Waals surface area contributed by atoms with Gasteiger partial charge in [-0.15, -0.1) is 0 Å². The van der Waals surface area contributed by atoms with Gasteiger partial charge in [-0.05, 0) is 93.0 Å². The number of nitrogens with one attached hydrogen (secondary N) is 1. The van der Waals surface area contributed by atoms with E-state index >= 15 is 0 Å². The van der Waals surface area contributed by atoms with Gasteiger partial charge in [0, 0.05) is 60.2 Å². The number of aliphatic hydroxyl groups is 1. The Bertz CT molecular complexity index is 1860. The number of nitrogens with zero attached hydrogens (tertiary/aromatic N) is 3. The molecule has 0 bridgehead atoms. The quantitative estimate of drug-likeness (QED) is 0.176. The van der Waals surface area contributed by atoms with E-state index in [1.807, 2.05) is 18.2 Å². The van der Waals surface area contributed by atoms with Crippen molar-refractivity contribution in [2.45, 2.75) is 89.2 Å². The molecule has 51 heavy (non-hydrogen) atoms. The zero-order chi connectivity index (χ0) is 35.7. The van der Waals surface area contributed by atoms with Crippen molar-refractivity contribution in [2.24, 2.45) is 11.8 Å². The minimum Gasteiger partial charge on any atom is -0.469 e. The fourth-order valence-electron chi connectivity index (χ4n) is 9.78. The topological polar surface area (TPSA) is 100 Å². The molecule has 0 saturated carbocycles. The number of hydrogen-bond acceptors (Lipinski definition) is 7. The summed E-state index contributed by atoms with van der Waals surface area (Å²) in [7, 11) is 2.94. The molecular weight excluding hydrogens is 640 g/mol. The molecule has 2 saturated heterocycles. The van der Waals surface area contributed by atoms with Crippen LogP contribution >= 0.6 is 0 Å². The largest absolute Gasteiger partial charge is 0.469 e.